The molecule has 2 unspecified atom stereocenters. The molecule has 0 saturated heterocycles. The Hall–Kier alpha value is -2.99. The van der Waals surface area contributed by atoms with Gasteiger partial charge in [-0.15, -0.1) is 0 Å². The maximum Gasteiger partial charge on any atom is 0.238 e. The summed E-state index contributed by atoms with van der Waals surface area (Å²) in [5, 5.41) is 4.47. The van der Waals surface area contributed by atoms with E-state index in [4.69, 9.17) is 5.73 Å². The van der Waals surface area contributed by atoms with Crippen molar-refractivity contribution in [1.29, 1.82) is 0 Å². The summed E-state index contributed by atoms with van der Waals surface area (Å²) in [5.41, 5.74) is 13.7. The molecule has 2 aliphatic heterocycles. The molecule has 0 spiro atoms. The first-order valence-corrected chi connectivity index (χ1v) is 9.26. The van der Waals surface area contributed by atoms with E-state index in [1.807, 2.05) is 36.1 Å². The van der Waals surface area contributed by atoms with Crippen LogP contribution in [0.25, 0.3) is 12.2 Å². The second-order valence-corrected chi connectivity index (χ2v) is 6.92. The van der Waals surface area contributed by atoms with Crippen LogP contribution in [0.1, 0.15) is 30.0 Å². The van der Waals surface area contributed by atoms with Crippen LogP contribution in [0.2, 0.25) is 0 Å². The molecular formula is C21H23N5O. The van der Waals surface area contributed by atoms with Gasteiger partial charge in [0.15, 0.2) is 0 Å². The van der Waals surface area contributed by atoms with Crippen LogP contribution in [0.5, 0.6) is 0 Å². The van der Waals surface area contributed by atoms with E-state index >= 15 is 0 Å². The standard InChI is InChI=1S/C21H23N5O/c1-14-19-20(25-24-14)17-13-16(4-3-15-7-10-23-11-8-15)5-6-18(17)26(21(19)27)12-2-9-22/h3-8,10-11,13-14,19,24H,2,9,12,22H2,1H3. The molecule has 1 amide bonds. The minimum Gasteiger partial charge on any atom is -0.330 e. The molecule has 0 bridgehead atoms. The van der Waals surface area contributed by atoms with Gasteiger partial charge in [0.1, 0.15) is 5.92 Å². The van der Waals surface area contributed by atoms with Crippen LogP contribution in [-0.2, 0) is 4.79 Å². The minimum absolute atomic E-state index is 0.00274. The van der Waals surface area contributed by atoms with Crippen molar-refractivity contribution >= 4 is 29.5 Å². The lowest BCUT2D eigenvalue weighted by Gasteiger charge is -2.34. The number of nitrogens with two attached hydrogens (primary N) is 1. The molecule has 138 valence electrons. The molecule has 3 heterocycles. The largest absolute Gasteiger partial charge is 0.330 e. The smallest absolute Gasteiger partial charge is 0.238 e. The fourth-order valence-electron chi connectivity index (χ4n) is 3.64. The molecule has 6 heteroatoms. The molecule has 2 aliphatic rings. The second-order valence-electron chi connectivity index (χ2n) is 6.92. The number of hydrogen-bond donors (Lipinski definition) is 2. The van der Waals surface area contributed by atoms with Gasteiger partial charge in [0.05, 0.1) is 17.4 Å². The number of benzene rings is 1. The highest BCUT2D eigenvalue weighted by Crippen LogP contribution is 2.35. The molecule has 0 aliphatic carbocycles. The molecular weight excluding hydrogens is 338 g/mol. The number of rotatable bonds is 5. The third-order valence-electron chi connectivity index (χ3n) is 5.06. The molecule has 27 heavy (non-hydrogen) atoms. The van der Waals surface area contributed by atoms with Crippen molar-refractivity contribution in [2.24, 2.45) is 16.8 Å². The summed E-state index contributed by atoms with van der Waals surface area (Å²) in [6.07, 6.45) is 8.45. The minimum atomic E-state index is -0.241. The van der Waals surface area contributed by atoms with E-state index in [9.17, 15) is 4.79 Å². The predicted molar refractivity (Wildman–Crippen MR) is 108 cm³/mol. The number of carbonyl (C=O) groups excluding carboxylic acids is 1. The van der Waals surface area contributed by atoms with Crippen LogP contribution in [0.4, 0.5) is 5.69 Å². The van der Waals surface area contributed by atoms with Gasteiger partial charge in [-0.25, -0.2) is 0 Å². The van der Waals surface area contributed by atoms with Crippen LogP contribution < -0.4 is 16.1 Å². The summed E-state index contributed by atoms with van der Waals surface area (Å²) in [6.45, 7) is 3.19. The zero-order valence-electron chi connectivity index (χ0n) is 15.3. The van der Waals surface area contributed by atoms with Crippen molar-refractivity contribution in [3.05, 3.63) is 59.4 Å². The fourth-order valence-corrected chi connectivity index (χ4v) is 3.64. The van der Waals surface area contributed by atoms with Gasteiger partial charge in [0, 0.05) is 24.5 Å². The third kappa shape index (κ3) is 3.24. The molecule has 0 fully saturated rings. The third-order valence-corrected chi connectivity index (χ3v) is 5.06. The van der Waals surface area contributed by atoms with E-state index in [1.54, 1.807) is 12.4 Å². The van der Waals surface area contributed by atoms with E-state index in [2.05, 4.69) is 33.7 Å². The summed E-state index contributed by atoms with van der Waals surface area (Å²) < 4.78 is 0. The highest BCUT2D eigenvalue weighted by molar-refractivity contribution is 6.25. The topological polar surface area (TPSA) is 83.6 Å². The van der Waals surface area contributed by atoms with Gasteiger partial charge in [0.2, 0.25) is 5.91 Å². The molecule has 2 aromatic rings. The molecule has 2 atom stereocenters. The van der Waals surface area contributed by atoms with Crippen LogP contribution in [0, 0.1) is 5.92 Å². The van der Waals surface area contributed by atoms with Gasteiger partial charge in [-0.05, 0) is 55.3 Å². The van der Waals surface area contributed by atoms with Crippen LogP contribution in [0.15, 0.2) is 47.8 Å². The van der Waals surface area contributed by atoms with E-state index in [-0.39, 0.29) is 17.9 Å². The maximum absolute atomic E-state index is 13.0. The summed E-state index contributed by atoms with van der Waals surface area (Å²) in [7, 11) is 0. The Morgan fingerprint density at radius 1 is 1.19 bits per heavy atom. The van der Waals surface area contributed by atoms with Crippen molar-refractivity contribution in [2.45, 2.75) is 19.4 Å². The SMILES string of the molecule is CC1NN=C2c3cc(C=Cc4ccncc4)ccc3N(CCCN)C(=O)C21. The summed E-state index contributed by atoms with van der Waals surface area (Å²) in [4.78, 5) is 18.9. The monoisotopic (exact) mass is 361 g/mol. The van der Waals surface area contributed by atoms with Gasteiger partial charge in [-0.3, -0.25) is 9.78 Å². The lowest BCUT2D eigenvalue weighted by atomic mass is 9.85. The highest BCUT2D eigenvalue weighted by atomic mass is 16.2. The number of amides is 1. The Morgan fingerprint density at radius 3 is 2.74 bits per heavy atom. The average molecular weight is 361 g/mol. The normalized spacial score (nSPS) is 21.0. The van der Waals surface area contributed by atoms with Crippen LogP contribution >= 0.6 is 0 Å². The summed E-state index contributed by atoms with van der Waals surface area (Å²) in [6, 6.07) is 10.1. The van der Waals surface area contributed by atoms with Crippen molar-refractivity contribution in [3.63, 3.8) is 0 Å². The van der Waals surface area contributed by atoms with Gasteiger partial charge >= 0.3 is 0 Å². The number of nitrogens with zero attached hydrogens (tertiary/aromatic N) is 3. The molecule has 1 aromatic heterocycles. The first-order chi connectivity index (χ1) is 13.2. The van der Waals surface area contributed by atoms with E-state index in [1.165, 1.54) is 0 Å². The number of aromatic nitrogens is 1. The number of hydrazone groups is 1. The van der Waals surface area contributed by atoms with Gasteiger partial charge in [0.25, 0.3) is 0 Å². The Labute approximate surface area is 158 Å². The van der Waals surface area contributed by atoms with E-state index < -0.39 is 0 Å². The first-order valence-electron chi connectivity index (χ1n) is 9.26. The highest BCUT2D eigenvalue weighted by Gasteiger charge is 2.43. The summed E-state index contributed by atoms with van der Waals surface area (Å²) in [5.74, 6) is -0.137. The molecule has 0 saturated carbocycles. The lowest BCUT2D eigenvalue weighted by molar-refractivity contribution is -0.121. The average Bonchev–Trinajstić information content (AvgIpc) is 3.09. The van der Waals surface area contributed by atoms with Gasteiger partial charge in [-0.1, -0.05) is 18.2 Å². The number of anilines is 1. The number of pyridine rings is 1. The molecule has 3 N–H and O–H groups in total. The molecule has 6 nitrogen and oxygen atoms in total. The van der Waals surface area contributed by atoms with Crippen molar-refractivity contribution in [2.75, 3.05) is 18.0 Å². The predicted octanol–water partition coefficient (Wildman–Crippen LogP) is 2.26. The Balaban J connectivity index is 1.71. The second kappa shape index (κ2) is 7.32. The fraction of sp³-hybridized carbons (Fsp3) is 0.286. The van der Waals surface area contributed by atoms with Gasteiger partial charge < -0.3 is 16.1 Å². The number of fused-ring (bicyclic) bond motifs is 3. The number of carbonyl (C=O) groups is 1. The van der Waals surface area contributed by atoms with Crippen LogP contribution in [0.3, 0.4) is 0 Å². The first kappa shape index (κ1) is 17.4. The number of hydrogen-bond acceptors (Lipinski definition) is 5. The summed E-state index contributed by atoms with van der Waals surface area (Å²) >= 11 is 0. The number of nitrogens with one attached hydrogen (secondary N) is 1. The molecule has 1 aromatic carbocycles. The Kier molecular flexibility index (Phi) is 4.73. The van der Waals surface area contributed by atoms with E-state index in [0.717, 1.165) is 34.5 Å². The Bertz CT molecular complexity index is 906. The zero-order chi connectivity index (χ0) is 18.8. The van der Waals surface area contributed by atoms with Crippen molar-refractivity contribution in [3.8, 4) is 0 Å². The molecule has 0 radical (unpaired) electrons. The quantitative estimate of drug-likeness (QED) is 0.856. The molecule has 4 rings (SSSR count). The van der Waals surface area contributed by atoms with Crippen molar-refractivity contribution < 1.29 is 4.79 Å². The van der Waals surface area contributed by atoms with Crippen molar-refractivity contribution in [1.82, 2.24) is 10.4 Å². The maximum atomic E-state index is 13.0. The Morgan fingerprint density at radius 2 is 1.96 bits per heavy atom. The zero-order valence-corrected chi connectivity index (χ0v) is 15.3. The lowest BCUT2D eigenvalue weighted by Crippen LogP contribution is -2.48. The van der Waals surface area contributed by atoms with Gasteiger partial charge in [-0.2, -0.15) is 5.10 Å². The van der Waals surface area contributed by atoms with Crippen LogP contribution in [-0.4, -0.2) is 35.7 Å². The van der Waals surface area contributed by atoms with E-state index in [0.29, 0.717) is 13.1 Å².